The van der Waals surface area contributed by atoms with Crippen molar-refractivity contribution in [2.45, 2.75) is 0 Å². The van der Waals surface area contributed by atoms with Gasteiger partial charge in [-0.3, -0.25) is 0 Å². The minimum Gasteiger partial charge on any atom is -0.397 e. The van der Waals surface area contributed by atoms with Crippen LogP contribution in [0.4, 0.5) is 5.69 Å². The molecule has 0 saturated heterocycles. The third kappa shape index (κ3) is 1.46. The number of nitrogen functional groups attached to an aromatic ring is 1. The van der Waals surface area contributed by atoms with Crippen LogP contribution in [0.1, 0.15) is 0 Å². The minimum absolute atomic E-state index is 0.541. The Bertz CT molecular complexity index is 411. The maximum absolute atomic E-state index is 5.74. The Morgan fingerprint density at radius 3 is 2.85 bits per heavy atom. The predicted molar refractivity (Wildman–Crippen MR) is 48.6 cm³/mol. The summed E-state index contributed by atoms with van der Waals surface area (Å²) in [4.78, 5) is 0. The van der Waals surface area contributed by atoms with Crippen molar-refractivity contribution in [2.75, 3.05) is 5.73 Å². The van der Waals surface area contributed by atoms with Gasteiger partial charge in [0.05, 0.1) is 11.4 Å². The van der Waals surface area contributed by atoms with Gasteiger partial charge in [0.1, 0.15) is 6.33 Å². The zero-order chi connectivity index (χ0) is 9.26. The molecule has 1 aromatic carbocycles. The average molecular weight is 196 g/mol. The van der Waals surface area contributed by atoms with E-state index >= 15 is 0 Å². The van der Waals surface area contributed by atoms with Crippen LogP contribution >= 0.6 is 11.6 Å². The molecule has 66 valence electrons. The smallest absolute Gasteiger partial charge is 0.143 e. The normalized spacial score (nSPS) is 10.2. The molecule has 0 aliphatic rings. The molecule has 0 amide bonds. The van der Waals surface area contributed by atoms with E-state index < -0.39 is 0 Å². The topological polar surface area (TPSA) is 69.6 Å². The van der Waals surface area contributed by atoms with Gasteiger partial charge in [-0.05, 0) is 28.6 Å². The molecule has 6 heteroatoms. The molecule has 2 aromatic rings. The van der Waals surface area contributed by atoms with Crippen LogP contribution in [0.15, 0.2) is 24.5 Å². The van der Waals surface area contributed by atoms with Crippen molar-refractivity contribution in [3.63, 3.8) is 0 Å². The molecular weight excluding hydrogens is 190 g/mol. The molecule has 13 heavy (non-hydrogen) atoms. The van der Waals surface area contributed by atoms with Crippen LogP contribution in [0, 0.1) is 0 Å². The summed E-state index contributed by atoms with van der Waals surface area (Å²) in [7, 11) is 0. The van der Waals surface area contributed by atoms with Crippen molar-refractivity contribution in [3.8, 4) is 5.69 Å². The highest BCUT2D eigenvalue weighted by Gasteiger charge is 2.02. The molecule has 0 spiro atoms. The summed E-state index contributed by atoms with van der Waals surface area (Å²) >= 11 is 5.74. The summed E-state index contributed by atoms with van der Waals surface area (Å²) in [5, 5.41) is 11.3. The standard InChI is InChI=1S/C7H6ClN5/c8-5-1-2-7(6(9)3-5)13-4-10-11-12-13/h1-4H,9H2. The number of anilines is 1. The molecule has 0 atom stereocenters. The summed E-state index contributed by atoms with van der Waals surface area (Å²) in [6, 6.07) is 5.14. The van der Waals surface area contributed by atoms with Crippen LogP contribution in [0.5, 0.6) is 0 Å². The summed E-state index contributed by atoms with van der Waals surface area (Å²) in [6.45, 7) is 0. The highest BCUT2D eigenvalue weighted by Crippen LogP contribution is 2.20. The maximum atomic E-state index is 5.74. The van der Waals surface area contributed by atoms with Crippen LogP contribution in [-0.2, 0) is 0 Å². The SMILES string of the molecule is Nc1cc(Cl)ccc1-n1cnnn1. The van der Waals surface area contributed by atoms with E-state index in [1.807, 2.05) is 0 Å². The summed E-state index contributed by atoms with van der Waals surface area (Å²) in [5.74, 6) is 0. The fraction of sp³-hybridized carbons (Fsp3) is 0. The van der Waals surface area contributed by atoms with Gasteiger partial charge < -0.3 is 5.73 Å². The van der Waals surface area contributed by atoms with Crippen LogP contribution < -0.4 is 5.73 Å². The number of nitrogens with zero attached hydrogens (tertiary/aromatic N) is 4. The van der Waals surface area contributed by atoms with Gasteiger partial charge in [-0.1, -0.05) is 11.6 Å². The van der Waals surface area contributed by atoms with Crippen molar-refractivity contribution >= 4 is 17.3 Å². The van der Waals surface area contributed by atoms with Gasteiger partial charge in [0.25, 0.3) is 0 Å². The van der Waals surface area contributed by atoms with E-state index in [0.29, 0.717) is 10.7 Å². The number of benzene rings is 1. The molecule has 0 aliphatic heterocycles. The van der Waals surface area contributed by atoms with E-state index in [1.165, 1.54) is 11.0 Å². The van der Waals surface area contributed by atoms with E-state index in [4.69, 9.17) is 17.3 Å². The van der Waals surface area contributed by atoms with Gasteiger partial charge >= 0.3 is 0 Å². The number of halogens is 1. The first-order valence-corrected chi connectivity index (χ1v) is 3.93. The van der Waals surface area contributed by atoms with E-state index in [0.717, 1.165) is 5.69 Å². The Hall–Kier alpha value is -1.62. The summed E-state index contributed by atoms with van der Waals surface area (Å²) < 4.78 is 1.48. The van der Waals surface area contributed by atoms with Gasteiger partial charge in [-0.25, -0.2) is 0 Å². The quantitative estimate of drug-likeness (QED) is 0.687. The predicted octanol–water partition coefficient (Wildman–Crippen LogP) is 0.898. The lowest BCUT2D eigenvalue weighted by Gasteiger charge is -2.03. The first-order valence-electron chi connectivity index (χ1n) is 3.56. The molecule has 0 saturated carbocycles. The Kier molecular flexibility index (Phi) is 1.86. The lowest BCUT2D eigenvalue weighted by molar-refractivity contribution is 0.790. The average Bonchev–Trinajstić information content (AvgIpc) is 2.56. The Morgan fingerprint density at radius 2 is 2.23 bits per heavy atom. The summed E-state index contributed by atoms with van der Waals surface area (Å²) in [6.07, 6.45) is 1.47. The van der Waals surface area contributed by atoms with Crippen LogP contribution in [0.2, 0.25) is 5.02 Å². The molecule has 2 N–H and O–H groups in total. The molecule has 1 aromatic heterocycles. The molecule has 0 aliphatic carbocycles. The van der Waals surface area contributed by atoms with Gasteiger partial charge in [0.15, 0.2) is 0 Å². The minimum atomic E-state index is 0.541. The first kappa shape index (κ1) is 8.00. The number of hydrogen-bond donors (Lipinski definition) is 1. The Balaban J connectivity index is 2.53. The molecule has 5 nitrogen and oxygen atoms in total. The molecule has 1 heterocycles. The van der Waals surface area contributed by atoms with Crippen LogP contribution in [0.3, 0.4) is 0 Å². The molecule has 2 rings (SSSR count). The second kappa shape index (κ2) is 3.02. The zero-order valence-electron chi connectivity index (χ0n) is 6.55. The van der Waals surface area contributed by atoms with Gasteiger partial charge in [-0.2, -0.15) is 4.68 Å². The molecule has 0 radical (unpaired) electrons. The van der Waals surface area contributed by atoms with Crippen molar-refractivity contribution in [1.82, 2.24) is 20.2 Å². The number of aromatic nitrogens is 4. The number of rotatable bonds is 1. The van der Waals surface area contributed by atoms with E-state index in [2.05, 4.69) is 15.5 Å². The lowest BCUT2D eigenvalue weighted by atomic mass is 10.3. The second-order valence-corrected chi connectivity index (χ2v) is 2.89. The number of tetrazole rings is 1. The number of hydrogen-bond acceptors (Lipinski definition) is 4. The van der Waals surface area contributed by atoms with Gasteiger partial charge in [0, 0.05) is 5.02 Å². The Labute approximate surface area is 79.1 Å². The molecule has 0 bridgehead atoms. The Morgan fingerprint density at radius 1 is 1.38 bits per heavy atom. The molecule has 0 unspecified atom stereocenters. The third-order valence-corrected chi connectivity index (χ3v) is 1.82. The highest BCUT2D eigenvalue weighted by molar-refractivity contribution is 6.30. The van der Waals surface area contributed by atoms with Gasteiger partial charge in [-0.15, -0.1) is 5.10 Å². The summed E-state index contributed by atoms with van der Waals surface area (Å²) in [5.41, 5.74) is 6.97. The lowest BCUT2D eigenvalue weighted by Crippen LogP contribution is -2.00. The van der Waals surface area contributed by atoms with Crippen molar-refractivity contribution in [3.05, 3.63) is 29.5 Å². The first-order chi connectivity index (χ1) is 6.27. The number of nitrogens with two attached hydrogens (primary N) is 1. The second-order valence-electron chi connectivity index (χ2n) is 2.46. The van der Waals surface area contributed by atoms with Crippen molar-refractivity contribution in [1.29, 1.82) is 0 Å². The fourth-order valence-corrected chi connectivity index (χ4v) is 1.19. The van der Waals surface area contributed by atoms with Crippen molar-refractivity contribution < 1.29 is 0 Å². The van der Waals surface area contributed by atoms with E-state index in [1.54, 1.807) is 18.2 Å². The molecular formula is C7H6ClN5. The largest absolute Gasteiger partial charge is 0.397 e. The third-order valence-electron chi connectivity index (χ3n) is 1.59. The highest BCUT2D eigenvalue weighted by atomic mass is 35.5. The zero-order valence-corrected chi connectivity index (χ0v) is 7.31. The van der Waals surface area contributed by atoms with Crippen LogP contribution in [0.25, 0.3) is 5.69 Å². The molecule has 0 fully saturated rings. The van der Waals surface area contributed by atoms with Crippen LogP contribution in [-0.4, -0.2) is 20.2 Å². The van der Waals surface area contributed by atoms with Gasteiger partial charge in [0.2, 0.25) is 0 Å². The monoisotopic (exact) mass is 195 g/mol. The van der Waals surface area contributed by atoms with Crippen molar-refractivity contribution in [2.24, 2.45) is 0 Å². The van der Waals surface area contributed by atoms with E-state index in [9.17, 15) is 0 Å². The maximum Gasteiger partial charge on any atom is 0.143 e. The fourth-order valence-electron chi connectivity index (χ4n) is 1.01. The van der Waals surface area contributed by atoms with E-state index in [-0.39, 0.29) is 0 Å².